The molecule has 0 saturated carbocycles. The zero-order valence-corrected chi connectivity index (χ0v) is 40.0. The monoisotopic (exact) mass is 860 g/mol. The number of aliphatic hydroxyl groups is 2. The van der Waals surface area contributed by atoms with Gasteiger partial charge in [-0.2, -0.15) is 0 Å². The van der Waals surface area contributed by atoms with Crippen molar-refractivity contribution in [3.8, 4) is 0 Å². The summed E-state index contributed by atoms with van der Waals surface area (Å²) in [6, 6.07) is -0.725. The standard InChI is InChI=1S/C56H93NO5/c1-4-7-10-13-16-19-21-23-25-27-29-31-33-36-38-41-44-47-52(50-55(60)57-53(51-58)54(59)48-45-42-39-35-18-15-12-9-6-3)62-56(61)49-46-43-40-37-34-32-30-28-26-24-22-20-17-14-11-8-5-2/h8,11,14,16-17,19-20,22-26,28-32,34,52-54,58-59H,4-7,9-10,12-13,15,18,21,27,33,35-51H2,1-3H3,(H,57,60)/b11-8-,17-14+,19-16-,22-20+,25-23-,26-24-,30-28+,31-29-,34-32+. The van der Waals surface area contributed by atoms with Crippen molar-refractivity contribution < 1.29 is 24.5 Å². The van der Waals surface area contributed by atoms with Crippen molar-refractivity contribution in [2.45, 2.75) is 225 Å². The van der Waals surface area contributed by atoms with Crippen LogP contribution in [0.25, 0.3) is 0 Å². The summed E-state index contributed by atoms with van der Waals surface area (Å²) in [4.78, 5) is 26.1. The lowest BCUT2D eigenvalue weighted by Gasteiger charge is -2.24. The molecule has 1 amide bonds. The summed E-state index contributed by atoms with van der Waals surface area (Å²) in [6.45, 7) is 6.26. The first-order valence-electron chi connectivity index (χ1n) is 25.2. The quantitative estimate of drug-likeness (QED) is 0.0246. The van der Waals surface area contributed by atoms with Gasteiger partial charge in [0.05, 0.1) is 25.2 Å². The fourth-order valence-corrected chi connectivity index (χ4v) is 6.94. The van der Waals surface area contributed by atoms with Gasteiger partial charge in [0.1, 0.15) is 6.10 Å². The molecule has 0 bridgehead atoms. The van der Waals surface area contributed by atoms with Crippen molar-refractivity contribution in [3.63, 3.8) is 0 Å². The molecule has 3 atom stereocenters. The molecular weight excluding hydrogens is 767 g/mol. The lowest BCUT2D eigenvalue weighted by atomic mass is 10.0. The van der Waals surface area contributed by atoms with Crippen LogP contribution < -0.4 is 5.32 Å². The number of rotatable bonds is 43. The van der Waals surface area contributed by atoms with Crippen molar-refractivity contribution in [1.29, 1.82) is 0 Å². The van der Waals surface area contributed by atoms with E-state index in [1.54, 1.807) is 0 Å². The van der Waals surface area contributed by atoms with E-state index in [0.29, 0.717) is 19.3 Å². The van der Waals surface area contributed by atoms with Crippen LogP contribution in [0.1, 0.15) is 207 Å². The van der Waals surface area contributed by atoms with E-state index in [0.717, 1.165) is 96.3 Å². The Balaban J connectivity index is 4.77. The van der Waals surface area contributed by atoms with E-state index in [1.165, 1.54) is 64.2 Å². The van der Waals surface area contributed by atoms with Gasteiger partial charge in [-0.15, -0.1) is 0 Å². The van der Waals surface area contributed by atoms with E-state index in [9.17, 15) is 19.8 Å². The number of hydrogen-bond donors (Lipinski definition) is 3. The van der Waals surface area contributed by atoms with Gasteiger partial charge in [0.25, 0.3) is 0 Å². The summed E-state index contributed by atoms with van der Waals surface area (Å²) in [6.07, 6.45) is 65.7. The SMILES string of the molecule is CC\C=C/C=C/C=C/C=C\C=C\C=C\CCCCCC(=O)OC(CCCCCC/C=C\C/C=C\C/C=C\CCCCC)CC(=O)NC(CO)C(O)CCCCCCCCCCC. The third kappa shape index (κ3) is 43.2. The van der Waals surface area contributed by atoms with Gasteiger partial charge in [-0.3, -0.25) is 9.59 Å². The zero-order chi connectivity index (χ0) is 45.2. The number of unbranched alkanes of at least 4 members (excludes halogenated alkanes) is 18. The highest BCUT2D eigenvalue weighted by Crippen LogP contribution is 2.17. The van der Waals surface area contributed by atoms with Crippen LogP contribution in [0.15, 0.2) is 109 Å². The van der Waals surface area contributed by atoms with E-state index < -0.39 is 18.2 Å². The molecule has 0 aliphatic rings. The molecule has 62 heavy (non-hydrogen) atoms. The first kappa shape index (κ1) is 58.5. The number of carbonyl (C=O) groups is 2. The molecule has 0 heterocycles. The fourth-order valence-electron chi connectivity index (χ4n) is 6.94. The van der Waals surface area contributed by atoms with Gasteiger partial charge in [0.2, 0.25) is 5.91 Å². The highest BCUT2D eigenvalue weighted by Gasteiger charge is 2.24. The molecule has 0 aliphatic carbocycles. The summed E-state index contributed by atoms with van der Waals surface area (Å²) in [5.41, 5.74) is 0. The van der Waals surface area contributed by atoms with Crippen LogP contribution in [-0.2, 0) is 14.3 Å². The summed E-state index contributed by atoms with van der Waals surface area (Å²) in [5, 5.41) is 23.7. The molecular formula is C56H93NO5. The molecule has 0 saturated heterocycles. The molecule has 0 fully saturated rings. The Morgan fingerprint density at radius 2 is 0.935 bits per heavy atom. The third-order valence-electron chi connectivity index (χ3n) is 10.7. The number of aliphatic hydroxyl groups excluding tert-OH is 2. The Bertz CT molecular complexity index is 1280. The minimum Gasteiger partial charge on any atom is -0.462 e. The number of nitrogens with one attached hydrogen (secondary N) is 1. The summed E-state index contributed by atoms with van der Waals surface area (Å²) in [5.74, 6) is -0.558. The fraction of sp³-hybridized carbons (Fsp3) is 0.643. The number of hydrogen-bond acceptors (Lipinski definition) is 5. The molecule has 3 N–H and O–H groups in total. The predicted octanol–water partition coefficient (Wildman–Crippen LogP) is 15.1. The number of ether oxygens (including phenoxy) is 1. The largest absolute Gasteiger partial charge is 0.462 e. The van der Waals surface area contributed by atoms with Gasteiger partial charge >= 0.3 is 5.97 Å². The number of esters is 1. The minimum absolute atomic E-state index is 0.0371. The highest BCUT2D eigenvalue weighted by atomic mass is 16.5. The summed E-state index contributed by atoms with van der Waals surface area (Å²) < 4.78 is 5.90. The maximum Gasteiger partial charge on any atom is 0.306 e. The van der Waals surface area contributed by atoms with Gasteiger partial charge in [-0.25, -0.2) is 0 Å². The van der Waals surface area contributed by atoms with Crippen molar-refractivity contribution in [2.24, 2.45) is 0 Å². The molecule has 0 aliphatic heterocycles. The summed E-state index contributed by atoms with van der Waals surface area (Å²) in [7, 11) is 0. The van der Waals surface area contributed by atoms with Crippen LogP contribution in [0.5, 0.6) is 0 Å². The first-order valence-corrected chi connectivity index (χ1v) is 25.2. The van der Waals surface area contributed by atoms with Gasteiger partial charge < -0.3 is 20.3 Å². The average molecular weight is 860 g/mol. The Morgan fingerprint density at radius 1 is 0.500 bits per heavy atom. The van der Waals surface area contributed by atoms with Gasteiger partial charge in [-0.1, -0.05) is 220 Å². The molecule has 0 spiro atoms. The van der Waals surface area contributed by atoms with Crippen molar-refractivity contribution in [3.05, 3.63) is 109 Å². The molecule has 0 aromatic carbocycles. The van der Waals surface area contributed by atoms with E-state index in [2.05, 4.69) is 80.8 Å². The molecule has 0 rings (SSSR count). The van der Waals surface area contributed by atoms with Crippen LogP contribution in [0.3, 0.4) is 0 Å². The third-order valence-corrected chi connectivity index (χ3v) is 10.7. The second-order valence-corrected chi connectivity index (χ2v) is 16.6. The molecule has 0 aromatic rings. The Labute approximate surface area is 381 Å². The maximum atomic E-state index is 13.2. The van der Waals surface area contributed by atoms with Gasteiger partial charge in [0.15, 0.2) is 0 Å². The van der Waals surface area contributed by atoms with E-state index >= 15 is 0 Å². The summed E-state index contributed by atoms with van der Waals surface area (Å²) >= 11 is 0. The van der Waals surface area contributed by atoms with Gasteiger partial charge in [-0.05, 0) is 83.5 Å². The number of allylic oxidation sites excluding steroid dienone is 18. The number of amides is 1. The molecule has 3 unspecified atom stereocenters. The van der Waals surface area contributed by atoms with E-state index in [-0.39, 0.29) is 24.9 Å². The average Bonchev–Trinajstić information content (AvgIpc) is 3.26. The second-order valence-electron chi connectivity index (χ2n) is 16.6. The normalized spacial score (nSPS) is 14.2. The predicted molar refractivity (Wildman–Crippen MR) is 268 cm³/mol. The molecule has 352 valence electrons. The smallest absolute Gasteiger partial charge is 0.306 e. The lowest BCUT2D eigenvalue weighted by molar-refractivity contribution is -0.151. The Kier molecular flexibility index (Phi) is 45.8. The zero-order valence-electron chi connectivity index (χ0n) is 40.0. The highest BCUT2D eigenvalue weighted by molar-refractivity contribution is 5.77. The van der Waals surface area contributed by atoms with Crippen molar-refractivity contribution >= 4 is 11.9 Å². The molecule has 6 nitrogen and oxygen atoms in total. The number of carbonyl (C=O) groups excluding carboxylic acids is 2. The van der Waals surface area contributed by atoms with Crippen LogP contribution in [-0.4, -0.2) is 46.9 Å². The van der Waals surface area contributed by atoms with Crippen LogP contribution in [0, 0.1) is 0 Å². The van der Waals surface area contributed by atoms with Gasteiger partial charge in [0, 0.05) is 6.42 Å². The second kappa shape index (κ2) is 48.6. The maximum absolute atomic E-state index is 13.2. The lowest BCUT2D eigenvalue weighted by Crippen LogP contribution is -2.46. The molecule has 0 radical (unpaired) electrons. The van der Waals surface area contributed by atoms with Crippen LogP contribution in [0.4, 0.5) is 0 Å². The Morgan fingerprint density at radius 3 is 1.50 bits per heavy atom. The van der Waals surface area contributed by atoms with Crippen molar-refractivity contribution in [2.75, 3.05) is 6.61 Å². The van der Waals surface area contributed by atoms with E-state index in [4.69, 9.17) is 4.74 Å². The molecule has 0 aromatic heterocycles. The minimum atomic E-state index is -0.808. The van der Waals surface area contributed by atoms with Crippen molar-refractivity contribution in [1.82, 2.24) is 5.32 Å². The van der Waals surface area contributed by atoms with Crippen LogP contribution >= 0.6 is 0 Å². The van der Waals surface area contributed by atoms with Crippen LogP contribution in [0.2, 0.25) is 0 Å². The van der Waals surface area contributed by atoms with E-state index in [1.807, 2.05) is 54.7 Å². The molecule has 6 heteroatoms. The topological polar surface area (TPSA) is 95.9 Å². The Hall–Kier alpha value is -3.48. The first-order chi connectivity index (χ1) is 30.5.